The summed E-state index contributed by atoms with van der Waals surface area (Å²) in [6.45, 7) is 4.08. The molecule has 0 saturated carbocycles. The number of hydrogen-bond acceptors (Lipinski definition) is 4. The van der Waals surface area contributed by atoms with Crippen molar-refractivity contribution in [2.24, 2.45) is 0 Å². The Hall–Kier alpha value is -2.97. The van der Waals surface area contributed by atoms with Crippen LogP contribution in [0.4, 0.5) is 13.2 Å². The molecule has 0 unspecified atom stereocenters. The maximum absolute atomic E-state index is 13.1. The number of rotatable bonds is 8. The molecular weight excluding hydrogens is 445 g/mol. The van der Waals surface area contributed by atoms with Gasteiger partial charge in [-0.05, 0) is 23.8 Å². The minimum absolute atomic E-state index is 0.0911. The second-order valence-corrected chi connectivity index (χ2v) is 7.68. The lowest BCUT2D eigenvalue weighted by Gasteiger charge is -2.16. The Kier molecular flexibility index (Phi) is 7.16. The molecule has 32 heavy (non-hydrogen) atoms. The molecule has 0 bridgehead atoms. The van der Waals surface area contributed by atoms with Crippen molar-refractivity contribution in [3.05, 3.63) is 81.1 Å². The second-order valence-electron chi connectivity index (χ2n) is 7.15. The highest BCUT2D eigenvalue weighted by Gasteiger charge is 2.30. The summed E-state index contributed by atoms with van der Waals surface area (Å²) in [7, 11) is 3.01. The van der Waals surface area contributed by atoms with Crippen LogP contribution in [-0.4, -0.2) is 18.8 Å². The zero-order chi connectivity index (χ0) is 23.5. The fraction of sp³-hybridized carbons (Fsp3) is 0.261. The highest BCUT2D eigenvalue weighted by atomic mass is 35.5. The molecule has 1 heterocycles. The minimum atomic E-state index is -4.41. The maximum atomic E-state index is 13.1. The predicted molar refractivity (Wildman–Crippen MR) is 118 cm³/mol. The number of nitrogens with zero attached hydrogens (tertiary/aromatic N) is 1. The Morgan fingerprint density at radius 2 is 1.78 bits per heavy atom. The van der Waals surface area contributed by atoms with Crippen molar-refractivity contribution in [2.45, 2.75) is 25.8 Å². The summed E-state index contributed by atoms with van der Waals surface area (Å²) < 4.78 is 50.9. The van der Waals surface area contributed by atoms with Crippen LogP contribution in [0, 0.1) is 0 Å². The van der Waals surface area contributed by atoms with Crippen molar-refractivity contribution in [1.29, 1.82) is 0 Å². The van der Waals surface area contributed by atoms with Gasteiger partial charge in [0.2, 0.25) is 0 Å². The SMILES string of the molecule is C=C(Cl)Cn1c(=O)c(CNCc2cccc(C(F)(F)F)c2)cc2cc(OC)c(OC)cc21. The number of nitrogens with one attached hydrogen (secondary N) is 1. The molecular formula is C23H22ClF3N2O3. The summed E-state index contributed by atoms with van der Waals surface area (Å²) in [5, 5.41) is 4.04. The largest absolute Gasteiger partial charge is 0.493 e. The molecule has 0 aliphatic carbocycles. The fourth-order valence-corrected chi connectivity index (χ4v) is 3.54. The lowest BCUT2D eigenvalue weighted by atomic mass is 10.1. The van der Waals surface area contributed by atoms with E-state index in [2.05, 4.69) is 11.9 Å². The maximum Gasteiger partial charge on any atom is 0.416 e. The third kappa shape index (κ3) is 5.26. The van der Waals surface area contributed by atoms with Crippen LogP contribution in [0.2, 0.25) is 0 Å². The van der Waals surface area contributed by atoms with E-state index in [9.17, 15) is 18.0 Å². The van der Waals surface area contributed by atoms with Crippen LogP contribution in [-0.2, 0) is 25.8 Å². The lowest BCUT2D eigenvalue weighted by molar-refractivity contribution is -0.137. The van der Waals surface area contributed by atoms with Crippen LogP contribution in [0.15, 0.2) is 58.9 Å². The van der Waals surface area contributed by atoms with E-state index < -0.39 is 11.7 Å². The van der Waals surface area contributed by atoms with E-state index in [0.717, 1.165) is 17.5 Å². The zero-order valence-corrected chi connectivity index (χ0v) is 18.3. The first-order chi connectivity index (χ1) is 15.1. The van der Waals surface area contributed by atoms with Crippen LogP contribution in [0.25, 0.3) is 10.9 Å². The van der Waals surface area contributed by atoms with Gasteiger partial charge in [-0.25, -0.2) is 0 Å². The second kappa shape index (κ2) is 9.67. The third-order valence-electron chi connectivity index (χ3n) is 4.90. The predicted octanol–water partition coefficient (Wildman–Crippen LogP) is 5.08. The number of halogens is 4. The van der Waals surface area contributed by atoms with Gasteiger partial charge in [0, 0.05) is 35.1 Å². The number of ether oxygens (including phenoxy) is 2. The molecule has 9 heteroatoms. The number of allylic oxidation sites excluding steroid dienone is 1. The van der Waals surface area contributed by atoms with Crippen molar-refractivity contribution in [1.82, 2.24) is 9.88 Å². The summed E-state index contributed by atoms with van der Waals surface area (Å²) in [5.41, 5.74) is 0.474. The molecule has 0 amide bonds. The van der Waals surface area contributed by atoms with E-state index in [4.69, 9.17) is 21.1 Å². The molecule has 3 rings (SSSR count). The van der Waals surface area contributed by atoms with E-state index in [1.165, 1.54) is 24.9 Å². The number of hydrogen-bond donors (Lipinski definition) is 1. The molecule has 3 aromatic rings. The zero-order valence-electron chi connectivity index (χ0n) is 17.6. The summed E-state index contributed by atoms with van der Waals surface area (Å²) in [6.07, 6.45) is -4.41. The lowest BCUT2D eigenvalue weighted by Crippen LogP contribution is -2.27. The molecule has 0 radical (unpaired) electrons. The fourth-order valence-electron chi connectivity index (χ4n) is 3.42. The molecule has 1 aromatic heterocycles. The number of fused-ring (bicyclic) bond motifs is 1. The summed E-state index contributed by atoms with van der Waals surface area (Å²) in [6, 6.07) is 10.2. The number of aromatic nitrogens is 1. The van der Waals surface area contributed by atoms with Crippen LogP contribution in [0.5, 0.6) is 11.5 Å². The number of alkyl halides is 3. The molecule has 0 atom stereocenters. The van der Waals surface area contributed by atoms with E-state index in [1.807, 2.05) is 0 Å². The van der Waals surface area contributed by atoms with Gasteiger partial charge in [-0.15, -0.1) is 0 Å². The molecule has 5 nitrogen and oxygen atoms in total. The topological polar surface area (TPSA) is 52.5 Å². The number of methoxy groups -OCH3 is 2. The van der Waals surface area contributed by atoms with Gasteiger partial charge in [-0.2, -0.15) is 13.2 Å². The van der Waals surface area contributed by atoms with Crippen molar-refractivity contribution in [2.75, 3.05) is 14.2 Å². The van der Waals surface area contributed by atoms with Crippen molar-refractivity contribution in [3.63, 3.8) is 0 Å². The molecule has 0 aliphatic heterocycles. The van der Waals surface area contributed by atoms with Gasteiger partial charge >= 0.3 is 6.18 Å². The molecule has 1 N–H and O–H groups in total. The molecule has 0 fully saturated rings. The number of benzene rings is 2. The van der Waals surface area contributed by atoms with Gasteiger partial charge in [-0.1, -0.05) is 36.4 Å². The van der Waals surface area contributed by atoms with Gasteiger partial charge in [0.1, 0.15) is 0 Å². The van der Waals surface area contributed by atoms with Crippen molar-refractivity contribution < 1.29 is 22.6 Å². The van der Waals surface area contributed by atoms with Gasteiger partial charge in [0.15, 0.2) is 11.5 Å². The standard InChI is InChI=1S/C23H22ClF3N2O3/c1-14(24)13-29-19-10-21(32-3)20(31-2)9-16(19)8-17(22(29)30)12-28-11-15-5-4-6-18(7-15)23(25,26)27/h4-10,28H,1,11-13H2,2-3H3. The normalized spacial score (nSPS) is 11.6. The first-order valence-electron chi connectivity index (χ1n) is 9.62. The Labute approximate surface area is 188 Å². The Morgan fingerprint density at radius 1 is 1.09 bits per heavy atom. The monoisotopic (exact) mass is 466 g/mol. The van der Waals surface area contributed by atoms with Crippen LogP contribution in [0.1, 0.15) is 16.7 Å². The smallest absolute Gasteiger partial charge is 0.416 e. The first-order valence-corrected chi connectivity index (χ1v) is 10.0. The highest BCUT2D eigenvalue weighted by molar-refractivity contribution is 6.29. The minimum Gasteiger partial charge on any atom is -0.493 e. The molecule has 2 aromatic carbocycles. The van der Waals surface area contributed by atoms with Crippen LogP contribution >= 0.6 is 11.6 Å². The summed E-state index contributed by atoms with van der Waals surface area (Å²) in [4.78, 5) is 13.1. The highest BCUT2D eigenvalue weighted by Crippen LogP contribution is 2.32. The van der Waals surface area contributed by atoms with E-state index in [1.54, 1.807) is 24.3 Å². The number of pyridine rings is 1. The van der Waals surface area contributed by atoms with Crippen LogP contribution in [0.3, 0.4) is 0 Å². The van der Waals surface area contributed by atoms with Crippen LogP contribution < -0.4 is 20.3 Å². The van der Waals surface area contributed by atoms with E-state index in [0.29, 0.717) is 28.1 Å². The van der Waals surface area contributed by atoms with Gasteiger partial charge in [0.05, 0.1) is 31.8 Å². The average molecular weight is 467 g/mol. The molecule has 0 saturated heterocycles. The van der Waals surface area contributed by atoms with Gasteiger partial charge in [0.25, 0.3) is 5.56 Å². The van der Waals surface area contributed by atoms with E-state index in [-0.39, 0.29) is 30.2 Å². The molecule has 0 aliphatic rings. The van der Waals surface area contributed by atoms with Gasteiger partial charge in [-0.3, -0.25) is 4.79 Å². The summed E-state index contributed by atoms with van der Waals surface area (Å²) in [5.74, 6) is 0.960. The first kappa shape index (κ1) is 23.7. The Bertz CT molecular complexity index is 1210. The molecule has 170 valence electrons. The third-order valence-corrected chi connectivity index (χ3v) is 5.02. The Morgan fingerprint density at radius 3 is 2.41 bits per heavy atom. The quantitative estimate of drug-likeness (QED) is 0.503. The summed E-state index contributed by atoms with van der Waals surface area (Å²) >= 11 is 5.99. The van der Waals surface area contributed by atoms with Gasteiger partial charge < -0.3 is 19.4 Å². The Balaban J connectivity index is 1.93. The van der Waals surface area contributed by atoms with E-state index >= 15 is 0 Å². The average Bonchev–Trinajstić information content (AvgIpc) is 2.75. The van der Waals surface area contributed by atoms with Crippen molar-refractivity contribution in [3.8, 4) is 11.5 Å². The van der Waals surface area contributed by atoms with Crippen molar-refractivity contribution >= 4 is 22.5 Å². The molecule has 0 spiro atoms.